The van der Waals surface area contributed by atoms with E-state index in [1.165, 1.54) is 6.07 Å². The summed E-state index contributed by atoms with van der Waals surface area (Å²) in [6.45, 7) is 3.77. The lowest BCUT2D eigenvalue weighted by atomic mass is 10.0. The summed E-state index contributed by atoms with van der Waals surface area (Å²) >= 11 is 8.35. The molecule has 2 aromatic rings. The quantitative estimate of drug-likeness (QED) is 0.838. The molecule has 1 amide bonds. The van der Waals surface area contributed by atoms with Crippen molar-refractivity contribution in [3.8, 4) is 0 Å². The minimum absolute atomic E-state index is 0.0213. The summed E-state index contributed by atoms with van der Waals surface area (Å²) in [6.07, 6.45) is 0. The fourth-order valence-electron chi connectivity index (χ4n) is 2.15. The Hall–Kier alpha value is -1.21. The predicted molar refractivity (Wildman–Crippen MR) is 77.9 cm³/mol. The van der Waals surface area contributed by atoms with Gasteiger partial charge in [0.05, 0.1) is 15.5 Å². The lowest BCUT2D eigenvalue weighted by molar-refractivity contribution is -0.122. The van der Waals surface area contributed by atoms with Gasteiger partial charge in [-0.1, -0.05) is 13.8 Å². The first-order valence-corrected chi connectivity index (χ1v) is 6.91. The molecular weight excluding hydrogens is 333 g/mol. The molecule has 7 heteroatoms. The average Bonchev–Trinajstić information content (AvgIpc) is 2.56. The molecule has 0 fully saturated rings. The normalized spacial score (nSPS) is 13.1. The van der Waals surface area contributed by atoms with Crippen LogP contribution in [-0.2, 0) is 4.79 Å². The molecule has 0 radical (unpaired) electrons. The van der Waals surface area contributed by atoms with Gasteiger partial charge in [-0.05, 0) is 40.1 Å². The van der Waals surface area contributed by atoms with Crippen LogP contribution in [0.1, 0.15) is 19.9 Å². The molecule has 1 aromatic heterocycles. The second kappa shape index (κ2) is 5.05. The van der Waals surface area contributed by atoms with E-state index < -0.39 is 17.8 Å². The number of nitrogens with two attached hydrogens (primary N) is 1. The minimum Gasteiger partial charge on any atom is -0.368 e. The lowest BCUT2D eigenvalue weighted by Gasteiger charge is -2.19. The van der Waals surface area contributed by atoms with Crippen LogP contribution >= 0.6 is 28.1 Å². The van der Waals surface area contributed by atoms with Crippen molar-refractivity contribution in [2.75, 3.05) is 0 Å². The van der Waals surface area contributed by atoms with E-state index in [0.29, 0.717) is 20.3 Å². The van der Waals surface area contributed by atoms with E-state index in [0.717, 1.165) is 0 Å². The molecule has 2 rings (SSSR count). The van der Waals surface area contributed by atoms with E-state index in [1.54, 1.807) is 10.6 Å². The van der Waals surface area contributed by atoms with Crippen molar-refractivity contribution in [1.29, 1.82) is 0 Å². The number of H-pyrrole nitrogens is 1. The standard InChI is InChI=1S/C12H13BrFN3OS/c1-5(2)10(11(15)18)17-9-3-6(13)7(14)4-8(9)16-12(17)19/h3-5,10H,1-2H3,(H2,15,18)(H,16,19). The average molecular weight is 346 g/mol. The van der Waals surface area contributed by atoms with Gasteiger partial charge < -0.3 is 15.3 Å². The fourth-order valence-corrected chi connectivity index (χ4v) is 2.80. The van der Waals surface area contributed by atoms with E-state index in [9.17, 15) is 9.18 Å². The summed E-state index contributed by atoms with van der Waals surface area (Å²) in [5.41, 5.74) is 6.64. The molecule has 0 saturated heterocycles. The Bertz CT molecular complexity index is 707. The third-order valence-corrected chi connectivity index (χ3v) is 3.87. The highest BCUT2D eigenvalue weighted by atomic mass is 79.9. The highest BCUT2D eigenvalue weighted by molar-refractivity contribution is 9.10. The number of benzene rings is 1. The number of aromatic amines is 1. The molecular formula is C12H13BrFN3OS. The highest BCUT2D eigenvalue weighted by Gasteiger charge is 2.24. The largest absolute Gasteiger partial charge is 0.368 e. The van der Waals surface area contributed by atoms with Crippen molar-refractivity contribution < 1.29 is 9.18 Å². The summed E-state index contributed by atoms with van der Waals surface area (Å²) in [6, 6.07) is 2.36. The molecule has 1 aromatic carbocycles. The van der Waals surface area contributed by atoms with Gasteiger partial charge in [0.25, 0.3) is 0 Å². The number of halogens is 2. The van der Waals surface area contributed by atoms with Crippen molar-refractivity contribution in [2.24, 2.45) is 11.7 Å². The number of fused-ring (bicyclic) bond motifs is 1. The number of aromatic nitrogens is 2. The number of amides is 1. The van der Waals surface area contributed by atoms with Gasteiger partial charge in [-0.2, -0.15) is 0 Å². The van der Waals surface area contributed by atoms with Crippen LogP contribution in [0, 0.1) is 16.5 Å². The number of nitrogens with zero attached hydrogens (tertiary/aromatic N) is 1. The van der Waals surface area contributed by atoms with Gasteiger partial charge in [0.2, 0.25) is 5.91 Å². The maximum absolute atomic E-state index is 13.5. The molecule has 19 heavy (non-hydrogen) atoms. The Balaban J connectivity index is 2.79. The molecule has 0 aliphatic carbocycles. The molecule has 0 aliphatic heterocycles. The van der Waals surface area contributed by atoms with Gasteiger partial charge in [0, 0.05) is 6.07 Å². The first-order valence-electron chi connectivity index (χ1n) is 5.71. The topological polar surface area (TPSA) is 63.8 Å². The molecule has 1 atom stereocenters. The van der Waals surface area contributed by atoms with E-state index in [2.05, 4.69) is 20.9 Å². The van der Waals surface area contributed by atoms with Crippen LogP contribution in [0.5, 0.6) is 0 Å². The van der Waals surface area contributed by atoms with Crippen LogP contribution in [0.2, 0.25) is 0 Å². The van der Waals surface area contributed by atoms with Gasteiger partial charge in [-0.25, -0.2) is 4.39 Å². The molecule has 0 bridgehead atoms. The predicted octanol–water partition coefficient (Wildman–Crippen LogP) is 3.28. The highest BCUT2D eigenvalue weighted by Crippen LogP contribution is 2.28. The van der Waals surface area contributed by atoms with Gasteiger partial charge in [0.1, 0.15) is 11.9 Å². The first-order chi connectivity index (χ1) is 8.82. The maximum atomic E-state index is 13.5. The van der Waals surface area contributed by atoms with Crippen molar-refractivity contribution in [3.05, 3.63) is 27.2 Å². The van der Waals surface area contributed by atoms with Crippen molar-refractivity contribution >= 4 is 45.1 Å². The van der Waals surface area contributed by atoms with Crippen LogP contribution in [-0.4, -0.2) is 15.5 Å². The van der Waals surface area contributed by atoms with Gasteiger partial charge in [-0.15, -0.1) is 0 Å². The number of carbonyl (C=O) groups is 1. The smallest absolute Gasteiger partial charge is 0.240 e. The molecule has 0 spiro atoms. The zero-order valence-electron chi connectivity index (χ0n) is 10.4. The van der Waals surface area contributed by atoms with Crippen LogP contribution in [0.25, 0.3) is 11.0 Å². The zero-order chi connectivity index (χ0) is 14.3. The number of carbonyl (C=O) groups excluding carboxylic acids is 1. The second-order valence-electron chi connectivity index (χ2n) is 4.67. The van der Waals surface area contributed by atoms with E-state index in [-0.39, 0.29) is 5.92 Å². The third kappa shape index (κ3) is 2.44. The number of nitrogens with one attached hydrogen (secondary N) is 1. The number of hydrogen-bond acceptors (Lipinski definition) is 2. The van der Waals surface area contributed by atoms with Gasteiger partial charge in [0.15, 0.2) is 4.77 Å². The van der Waals surface area contributed by atoms with E-state index in [1.807, 2.05) is 13.8 Å². The second-order valence-corrected chi connectivity index (χ2v) is 5.92. The van der Waals surface area contributed by atoms with Crippen molar-refractivity contribution in [1.82, 2.24) is 9.55 Å². The number of primary amides is 1. The molecule has 1 unspecified atom stereocenters. The van der Waals surface area contributed by atoms with E-state index in [4.69, 9.17) is 18.0 Å². The summed E-state index contributed by atoms with van der Waals surface area (Å²) in [7, 11) is 0. The Morgan fingerprint density at radius 1 is 1.53 bits per heavy atom. The van der Waals surface area contributed by atoms with Crippen molar-refractivity contribution in [3.63, 3.8) is 0 Å². The van der Waals surface area contributed by atoms with Crippen molar-refractivity contribution in [2.45, 2.75) is 19.9 Å². The molecule has 1 heterocycles. The molecule has 0 saturated carbocycles. The fraction of sp³-hybridized carbons (Fsp3) is 0.333. The Kier molecular flexibility index (Phi) is 3.78. The Morgan fingerprint density at radius 3 is 2.68 bits per heavy atom. The molecule has 0 aliphatic rings. The summed E-state index contributed by atoms with van der Waals surface area (Å²) in [4.78, 5) is 14.5. The van der Waals surface area contributed by atoms with Gasteiger partial charge in [-0.3, -0.25) is 4.79 Å². The molecule has 3 N–H and O–H groups in total. The first kappa shape index (κ1) is 14.2. The van der Waals surface area contributed by atoms with Crippen LogP contribution in [0.4, 0.5) is 4.39 Å². The van der Waals surface area contributed by atoms with Crippen LogP contribution in [0.3, 0.4) is 0 Å². The lowest BCUT2D eigenvalue weighted by Crippen LogP contribution is -2.30. The minimum atomic E-state index is -0.571. The number of imidazole rings is 1. The monoisotopic (exact) mass is 345 g/mol. The summed E-state index contributed by atoms with van der Waals surface area (Å²) < 4.78 is 15.8. The summed E-state index contributed by atoms with van der Waals surface area (Å²) in [5, 5.41) is 0. The zero-order valence-corrected chi connectivity index (χ0v) is 12.8. The van der Waals surface area contributed by atoms with Gasteiger partial charge >= 0.3 is 0 Å². The molecule has 102 valence electrons. The molecule has 4 nitrogen and oxygen atoms in total. The number of rotatable bonds is 3. The van der Waals surface area contributed by atoms with E-state index >= 15 is 0 Å². The van der Waals surface area contributed by atoms with Crippen LogP contribution in [0.15, 0.2) is 16.6 Å². The SMILES string of the molecule is CC(C)C(C(N)=O)n1c(=S)[nH]c2cc(F)c(Br)cc21. The Morgan fingerprint density at radius 2 is 2.16 bits per heavy atom. The van der Waals surface area contributed by atoms with Crippen LogP contribution < -0.4 is 5.73 Å². The Labute approximate surface area is 122 Å². The maximum Gasteiger partial charge on any atom is 0.240 e. The summed E-state index contributed by atoms with van der Waals surface area (Å²) in [5.74, 6) is -0.879. The number of hydrogen-bond donors (Lipinski definition) is 2. The third-order valence-electron chi connectivity index (χ3n) is 2.96.